The predicted molar refractivity (Wildman–Crippen MR) is 59.3 cm³/mol. The quantitative estimate of drug-likeness (QED) is 0.695. The van der Waals surface area contributed by atoms with E-state index in [-0.39, 0.29) is 24.4 Å². The van der Waals surface area contributed by atoms with Crippen molar-refractivity contribution in [2.75, 3.05) is 13.1 Å². The van der Waals surface area contributed by atoms with Crippen molar-refractivity contribution in [3.05, 3.63) is 0 Å². The van der Waals surface area contributed by atoms with Crippen LogP contribution in [0.5, 0.6) is 0 Å². The SMILES string of the molecule is CC(C)(N)CC(=O)N1CCC(N)C1.Cl. The minimum atomic E-state index is -0.413. The van der Waals surface area contributed by atoms with Crippen LogP contribution in [0, 0.1) is 0 Å². The molecule has 1 amide bonds. The van der Waals surface area contributed by atoms with Gasteiger partial charge in [-0.3, -0.25) is 4.79 Å². The number of carbonyl (C=O) groups is 1. The number of hydrogen-bond acceptors (Lipinski definition) is 3. The molecule has 0 aromatic rings. The molecule has 4 N–H and O–H groups in total. The molecule has 4 nitrogen and oxygen atoms in total. The van der Waals surface area contributed by atoms with Gasteiger partial charge in [-0.05, 0) is 20.3 Å². The zero-order valence-corrected chi connectivity index (χ0v) is 9.64. The van der Waals surface area contributed by atoms with Crippen LogP contribution >= 0.6 is 12.4 Å². The highest BCUT2D eigenvalue weighted by Gasteiger charge is 2.26. The van der Waals surface area contributed by atoms with E-state index in [0.717, 1.165) is 13.0 Å². The number of nitrogens with zero attached hydrogens (tertiary/aromatic N) is 1. The Hall–Kier alpha value is -0.320. The molecule has 84 valence electrons. The van der Waals surface area contributed by atoms with Gasteiger partial charge in [-0.15, -0.1) is 12.4 Å². The fourth-order valence-corrected chi connectivity index (χ4v) is 1.52. The third-order valence-electron chi connectivity index (χ3n) is 2.18. The lowest BCUT2D eigenvalue weighted by Crippen LogP contribution is -2.41. The molecule has 0 aliphatic carbocycles. The van der Waals surface area contributed by atoms with E-state index in [4.69, 9.17) is 11.5 Å². The van der Waals surface area contributed by atoms with Gasteiger partial charge in [0.05, 0.1) is 0 Å². The summed E-state index contributed by atoms with van der Waals surface area (Å²) in [6.45, 7) is 5.20. The zero-order chi connectivity index (χ0) is 10.1. The zero-order valence-electron chi connectivity index (χ0n) is 8.82. The predicted octanol–water partition coefficient (Wildman–Crippen LogP) is 0.0952. The van der Waals surface area contributed by atoms with Gasteiger partial charge >= 0.3 is 0 Å². The molecular weight excluding hydrogens is 202 g/mol. The maximum Gasteiger partial charge on any atom is 0.224 e. The first kappa shape index (κ1) is 13.7. The van der Waals surface area contributed by atoms with Crippen LogP contribution in [0.25, 0.3) is 0 Å². The van der Waals surface area contributed by atoms with Crippen LogP contribution in [0.1, 0.15) is 26.7 Å². The van der Waals surface area contributed by atoms with Crippen molar-refractivity contribution in [2.45, 2.75) is 38.3 Å². The number of likely N-dealkylation sites (tertiary alicyclic amines) is 1. The molecule has 14 heavy (non-hydrogen) atoms. The number of hydrogen-bond donors (Lipinski definition) is 2. The fourth-order valence-electron chi connectivity index (χ4n) is 1.52. The molecule has 1 heterocycles. The number of amides is 1. The molecule has 1 saturated heterocycles. The summed E-state index contributed by atoms with van der Waals surface area (Å²) in [6.07, 6.45) is 1.32. The Morgan fingerprint density at radius 1 is 1.57 bits per heavy atom. The summed E-state index contributed by atoms with van der Waals surface area (Å²) in [5.74, 6) is 0.125. The minimum Gasteiger partial charge on any atom is -0.341 e. The van der Waals surface area contributed by atoms with Crippen molar-refractivity contribution in [3.8, 4) is 0 Å². The summed E-state index contributed by atoms with van der Waals surface area (Å²) in [5.41, 5.74) is 11.0. The Kier molecular flexibility index (Phi) is 4.84. The van der Waals surface area contributed by atoms with E-state index in [1.165, 1.54) is 0 Å². The van der Waals surface area contributed by atoms with E-state index in [1.54, 1.807) is 4.90 Å². The van der Waals surface area contributed by atoms with E-state index in [2.05, 4.69) is 0 Å². The first-order valence-electron chi connectivity index (χ1n) is 4.71. The number of carbonyl (C=O) groups excluding carboxylic acids is 1. The molecule has 1 atom stereocenters. The van der Waals surface area contributed by atoms with Gasteiger partial charge in [0, 0.05) is 31.1 Å². The highest BCUT2D eigenvalue weighted by atomic mass is 35.5. The molecule has 0 spiro atoms. The average molecular weight is 222 g/mol. The van der Waals surface area contributed by atoms with Crippen LogP contribution in [0.4, 0.5) is 0 Å². The molecule has 1 aliphatic heterocycles. The van der Waals surface area contributed by atoms with Gasteiger partial charge in [-0.25, -0.2) is 0 Å². The molecular formula is C9H20ClN3O. The van der Waals surface area contributed by atoms with Crippen LogP contribution in [0.15, 0.2) is 0 Å². The minimum absolute atomic E-state index is 0. The topological polar surface area (TPSA) is 72.4 Å². The molecule has 1 aliphatic rings. The van der Waals surface area contributed by atoms with Crippen LogP contribution in [0.3, 0.4) is 0 Å². The molecule has 0 bridgehead atoms. The summed E-state index contributed by atoms with van der Waals surface area (Å²) in [5, 5.41) is 0. The van der Waals surface area contributed by atoms with Crippen molar-refractivity contribution in [1.29, 1.82) is 0 Å². The molecule has 1 rings (SSSR count). The molecule has 0 radical (unpaired) electrons. The van der Waals surface area contributed by atoms with Crippen molar-refractivity contribution in [2.24, 2.45) is 11.5 Å². The number of halogens is 1. The van der Waals surface area contributed by atoms with E-state index >= 15 is 0 Å². The third-order valence-corrected chi connectivity index (χ3v) is 2.18. The highest BCUT2D eigenvalue weighted by molar-refractivity contribution is 5.85. The Morgan fingerprint density at radius 3 is 2.50 bits per heavy atom. The first-order chi connectivity index (χ1) is 5.88. The average Bonchev–Trinajstić information content (AvgIpc) is 2.31. The van der Waals surface area contributed by atoms with E-state index < -0.39 is 5.54 Å². The standard InChI is InChI=1S/C9H19N3O.ClH/c1-9(2,11)5-8(13)12-4-3-7(10)6-12;/h7H,3-6,10-11H2,1-2H3;1H. The summed E-state index contributed by atoms with van der Waals surface area (Å²) >= 11 is 0. The second-order valence-corrected chi connectivity index (χ2v) is 4.55. The first-order valence-corrected chi connectivity index (χ1v) is 4.71. The van der Waals surface area contributed by atoms with Gasteiger partial charge in [0.25, 0.3) is 0 Å². The number of nitrogens with two attached hydrogens (primary N) is 2. The summed E-state index contributed by atoms with van der Waals surface area (Å²) < 4.78 is 0. The Balaban J connectivity index is 0.00000169. The molecule has 0 saturated carbocycles. The summed E-state index contributed by atoms with van der Waals surface area (Å²) in [7, 11) is 0. The van der Waals surface area contributed by atoms with Crippen LogP contribution in [0.2, 0.25) is 0 Å². The Bertz CT molecular complexity index is 203. The third kappa shape index (κ3) is 4.26. The van der Waals surface area contributed by atoms with Gasteiger partial charge in [-0.2, -0.15) is 0 Å². The molecule has 1 fully saturated rings. The van der Waals surface area contributed by atoms with Crippen molar-refractivity contribution in [1.82, 2.24) is 4.90 Å². The van der Waals surface area contributed by atoms with Crippen molar-refractivity contribution < 1.29 is 4.79 Å². The Morgan fingerprint density at radius 2 is 2.14 bits per heavy atom. The maximum absolute atomic E-state index is 11.6. The highest BCUT2D eigenvalue weighted by Crippen LogP contribution is 2.12. The summed E-state index contributed by atoms with van der Waals surface area (Å²) in [4.78, 5) is 13.4. The van der Waals surface area contributed by atoms with Gasteiger partial charge in [0.2, 0.25) is 5.91 Å². The van der Waals surface area contributed by atoms with Gasteiger partial charge < -0.3 is 16.4 Å². The lowest BCUT2D eigenvalue weighted by molar-refractivity contribution is -0.131. The lowest BCUT2D eigenvalue weighted by atomic mass is 10.0. The molecule has 0 aromatic heterocycles. The van der Waals surface area contributed by atoms with Gasteiger partial charge in [0.15, 0.2) is 0 Å². The second-order valence-electron chi connectivity index (χ2n) is 4.55. The molecule has 5 heteroatoms. The Labute approximate surface area is 91.4 Å². The smallest absolute Gasteiger partial charge is 0.224 e. The van der Waals surface area contributed by atoms with E-state index in [0.29, 0.717) is 13.0 Å². The van der Waals surface area contributed by atoms with E-state index in [9.17, 15) is 4.79 Å². The van der Waals surface area contributed by atoms with Crippen LogP contribution in [-0.2, 0) is 4.79 Å². The largest absolute Gasteiger partial charge is 0.341 e. The normalized spacial score (nSPS) is 22.0. The second kappa shape index (κ2) is 4.96. The monoisotopic (exact) mass is 221 g/mol. The van der Waals surface area contributed by atoms with Gasteiger partial charge in [0.1, 0.15) is 0 Å². The number of rotatable bonds is 2. The maximum atomic E-state index is 11.6. The summed E-state index contributed by atoms with van der Waals surface area (Å²) in [6, 6.07) is 0.157. The fraction of sp³-hybridized carbons (Fsp3) is 0.889. The lowest BCUT2D eigenvalue weighted by Gasteiger charge is -2.22. The van der Waals surface area contributed by atoms with Crippen molar-refractivity contribution >= 4 is 18.3 Å². The van der Waals surface area contributed by atoms with Crippen LogP contribution < -0.4 is 11.5 Å². The van der Waals surface area contributed by atoms with Crippen molar-refractivity contribution in [3.63, 3.8) is 0 Å². The molecule has 0 aromatic carbocycles. The van der Waals surface area contributed by atoms with E-state index in [1.807, 2.05) is 13.8 Å². The molecule has 1 unspecified atom stereocenters. The van der Waals surface area contributed by atoms with Gasteiger partial charge in [-0.1, -0.05) is 0 Å². The van der Waals surface area contributed by atoms with Crippen LogP contribution in [-0.4, -0.2) is 35.5 Å².